The topological polar surface area (TPSA) is 93.0 Å². The molecule has 0 spiro atoms. The summed E-state index contributed by atoms with van der Waals surface area (Å²) in [6.45, 7) is 3.61. The van der Waals surface area contributed by atoms with Crippen LogP contribution in [0.2, 0.25) is 0 Å². The number of benzene rings is 3. The summed E-state index contributed by atoms with van der Waals surface area (Å²) in [6, 6.07) is 21.4. The Morgan fingerprint density at radius 3 is 2.49 bits per heavy atom. The first-order chi connectivity index (χ1) is 16.9. The fourth-order valence-corrected chi connectivity index (χ4v) is 4.58. The molecular formula is C29H34N2O4. The van der Waals surface area contributed by atoms with E-state index in [4.69, 9.17) is 0 Å². The Kier molecular flexibility index (Phi) is 8.18. The second kappa shape index (κ2) is 11.5. The lowest BCUT2D eigenvalue weighted by atomic mass is 9.99. The predicted molar refractivity (Wildman–Crippen MR) is 136 cm³/mol. The van der Waals surface area contributed by atoms with Gasteiger partial charge in [-0.1, -0.05) is 54.6 Å². The predicted octanol–water partition coefficient (Wildman–Crippen LogP) is 3.27. The van der Waals surface area contributed by atoms with Crippen LogP contribution in [0, 0.1) is 0 Å². The fourth-order valence-electron chi connectivity index (χ4n) is 4.58. The Morgan fingerprint density at radius 1 is 1.03 bits per heavy atom. The van der Waals surface area contributed by atoms with E-state index in [1.807, 2.05) is 23.1 Å². The van der Waals surface area contributed by atoms with Crippen LogP contribution in [0.3, 0.4) is 0 Å². The molecule has 3 aromatic carbocycles. The molecule has 6 nitrogen and oxygen atoms in total. The van der Waals surface area contributed by atoms with Crippen LogP contribution in [0.15, 0.2) is 66.7 Å². The molecule has 0 aliphatic carbocycles. The minimum Gasteiger partial charge on any atom is -0.508 e. The molecular weight excluding hydrogens is 440 g/mol. The van der Waals surface area contributed by atoms with Gasteiger partial charge in [-0.05, 0) is 59.7 Å². The Bertz CT molecular complexity index is 1150. The second-order valence-corrected chi connectivity index (χ2v) is 9.40. The average molecular weight is 475 g/mol. The van der Waals surface area contributed by atoms with E-state index in [0.717, 1.165) is 30.5 Å². The van der Waals surface area contributed by atoms with Gasteiger partial charge in [-0.25, -0.2) is 0 Å². The van der Waals surface area contributed by atoms with E-state index in [-0.39, 0.29) is 24.3 Å². The van der Waals surface area contributed by atoms with Crippen molar-refractivity contribution in [1.29, 1.82) is 0 Å². The number of phenols is 1. The van der Waals surface area contributed by atoms with Gasteiger partial charge in [-0.3, -0.25) is 4.79 Å². The molecule has 4 N–H and O–H groups in total. The van der Waals surface area contributed by atoms with Crippen LogP contribution in [0.5, 0.6) is 5.75 Å². The smallest absolute Gasteiger partial charge is 0.227 e. The zero-order valence-corrected chi connectivity index (χ0v) is 20.2. The Labute approximate surface area is 206 Å². The third-order valence-electron chi connectivity index (χ3n) is 6.72. The maximum atomic E-state index is 12.8. The first kappa shape index (κ1) is 24.9. The molecule has 0 fully saturated rings. The lowest BCUT2D eigenvalue weighted by Crippen LogP contribution is -2.36. The Balaban J connectivity index is 1.25. The number of nitrogens with zero attached hydrogens (tertiary/aromatic N) is 1. The molecule has 35 heavy (non-hydrogen) atoms. The largest absolute Gasteiger partial charge is 0.508 e. The number of carbonyl (C=O) groups excluding carboxylic acids is 1. The Morgan fingerprint density at radius 2 is 1.74 bits per heavy atom. The van der Waals surface area contributed by atoms with E-state index in [2.05, 4.69) is 42.6 Å². The van der Waals surface area contributed by atoms with E-state index in [0.29, 0.717) is 30.6 Å². The molecule has 0 bridgehead atoms. The van der Waals surface area contributed by atoms with Crippen molar-refractivity contribution in [2.24, 2.45) is 0 Å². The van der Waals surface area contributed by atoms with Gasteiger partial charge in [0.15, 0.2) is 0 Å². The molecule has 0 saturated heterocycles. The SMILES string of the molecule is C[C@H](Cc1ccc(CC(=O)N2CCc3ccccc3C2)cc1)NC[C@@H](O)c1ccc(O)c(CO)c1. The quantitative estimate of drug-likeness (QED) is 0.382. The highest BCUT2D eigenvalue weighted by Crippen LogP contribution is 2.23. The van der Waals surface area contributed by atoms with Crippen molar-refractivity contribution in [2.75, 3.05) is 13.1 Å². The van der Waals surface area contributed by atoms with Gasteiger partial charge in [0.05, 0.1) is 19.1 Å². The zero-order chi connectivity index (χ0) is 24.8. The second-order valence-electron chi connectivity index (χ2n) is 9.40. The van der Waals surface area contributed by atoms with Crippen molar-refractivity contribution >= 4 is 5.91 Å². The number of aromatic hydroxyl groups is 1. The third kappa shape index (κ3) is 6.48. The standard InChI is InChI=1S/C29H34N2O4/c1-20(30-17-28(34)24-10-11-27(33)26(16-24)19-32)14-21-6-8-22(9-7-21)15-29(35)31-13-12-23-4-2-3-5-25(23)18-31/h2-11,16,20,28,30,32-34H,12-15,17-19H2,1H3/t20-,28-/m1/s1. The molecule has 1 amide bonds. The third-order valence-corrected chi connectivity index (χ3v) is 6.72. The number of aliphatic hydroxyl groups excluding tert-OH is 2. The summed E-state index contributed by atoms with van der Waals surface area (Å²) in [6.07, 6.45) is 1.38. The van der Waals surface area contributed by atoms with Crippen LogP contribution in [-0.2, 0) is 37.2 Å². The van der Waals surface area contributed by atoms with E-state index in [9.17, 15) is 20.1 Å². The average Bonchev–Trinajstić information content (AvgIpc) is 2.88. The number of aliphatic hydroxyl groups is 2. The number of rotatable bonds is 9. The Hall–Kier alpha value is -3.19. The van der Waals surface area contributed by atoms with Gasteiger partial charge < -0.3 is 25.5 Å². The fraction of sp³-hybridized carbons (Fsp3) is 0.345. The van der Waals surface area contributed by atoms with Crippen LogP contribution in [0.25, 0.3) is 0 Å². The number of hydrogen-bond donors (Lipinski definition) is 4. The minimum atomic E-state index is -0.738. The summed E-state index contributed by atoms with van der Waals surface area (Å²) < 4.78 is 0. The number of carbonyl (C=O) groups is 1. The lowest BCUT2D eigenvalue weighted by Gasteiger charge is -2.29. The normalized spacial score (nSPS) is 14.9. The highest BCUT2D eigenvalue weighted by molar-refractivity contribution is 5.79. The summed E-state index contributed by atoms with van der Waals surface area (Å²) in [5.74, 6) is 0.186. The van der Waals surface area contributed by atoms with Gasteiger partial charge in [-0.2, -0.15) is 0 Å². The molecule has 184 valence electrons. The number of fused-ring (bicyclic) bond motifs is 1. The van der Waals surface area contributed by atoms with Crippen molar-refractivity contribution in [1.82, 2.24) is 10.2 Å². The molecule has 4 rings (SSSR count). The molecule has 1 aliphatic rings. The summed E-state index contributed by atoms with van der Waals surface area (Å²) in [5.41, 5.74) is 5.81. The van der Waals surface area contributed by atoms with E-state index in [1.165, 1.54) is 17.2 Å². The molecule has 0 radical (unpaired) electrons. The van der Waals surface area contributed by atoms with Crippen LogP contribution < -0.4 is 5.32 Å². The van der Waals surface area contributed by atoms with Crippen LogP contribution >= 0.6 is 0 Å². The number of hydrogen-bond acceptors (Lipinski definition) is 5. The van der Waals surface area contributed by atoms with Crippen molar-refractivity contribution in [3.63, 3.8) is 0 Å². The maximum absolute atomic E-state index is 12.8. The van der Waals surface area contributed by atoms with E-state index >= 15 is 0 Å². The monoisotopic (exact) mass is 474 g/mol. The van der Waals surface area contributed by atoms with Crippen molar-refractivity contribution in [3.05, 3.63) is 100 Å². The van der Waals surface area contributed by atoms with Crippen LogP contribution in [0.1, 0.15) is 46.4 Å². The maximum Gasteiger partial charge on any atom is 0.227 e. The molecule has 0 unspecified atom stereocenters. The van der Waals surface area contributed by atoms with Crippen molar-refractivity contribution in [2.45, 2.75) is 51.5 Å². The van der Waals surface area contributed by atoms with Gasteiger partial charge >= 0.3 is 0 Å². The van der Waals surface area contributed by atoms with Crippen LogP contribution in [-0.4, -0.2) is 45.3 Å². The highest BCUT2D eigenvalue weighted by atomic mass is 16.3. The van der Waals surface area contributed by atoms with Crippen molar-refractivity contribution in [3.8, 4) is 5.75 Å². The lowest BCUT2D eigenvalue weighted by molar-refractivity contribution is -0.131. The molecule has 3 aromatic rings. The molecule has 0 aromatic heterocycles. The summed E-state index contributed by atoms with van der Waals surface area (Å²) in [4.78, 5) is 14.8. The van der Waals surface area contributed by atoms with Gasteiger partial charge in [0.25, 0.3) is 0 Å². The molecule has 0 saturated carbocycles. The van der Waals surface area contributed by atoms with Gasteiger partial charge in [0.2, 0.25) is 5.91 Å². The van der Waals surface area contributed by atoms with Gasteiger partial charge in [0, 0.05) is 31.2 Å². The van der Waals surface area contributed by atoms with Gasteiger partial charge in [-0.15, -0.1) is 0 Å². The van der Waals surface area contributed by atoms with Crippen LogP contribution in [0.4, 0.5) is 0 Å². The van der Waals surface area contributed by atoms with Crippen molar-refractivity contribution < 1.29 is 20.1 Å². The minimum absolute atomic E-state index is 0.0242. The number of nitrogens with one attached hydrogen (secondary N) is 1. The molecule has 1 aliphatic heterocycles. The molecule has 2 atom stereocenters. The van der Waals surface area contributed by atoms with Gasteiger partial charge in [0.1, 0.15) is 5.75 Å². The molecule has 6 heteroatoms. The number of amides is 1. The highest BCUT2D eigenvalue weighted by Gasteiger charge is 2.20. The summed E-state index contributed by atoms with van der Waals surface area (Å²) >= 11 is 0. The first-order valence-corrected chi connectivity index (χ1v) is 12.2. The first-order valence-electron chi connectivity index (χ1n) is 12.2. The zero-order valence-electron chi connectivity index (χ0n) is 20.2. The molecule has 1 heterocycles. The van der Waals surface area contributed by atoms with E-state index in [1.54, 1.807) is 12.1 Å². The summed E-state index contributed by atoms with van der Waals surface area (Å²) in [5, 5.41) is 32.8. The van der Waals surface area contributed by atoms with E-state index < -0.39 is 6.10 Å². The summed E-state index contributed by atoms with van der Waals surface area (Å²) in [7, 11) is 0.